The van der Waals surface area contributed by atoms with E-state index in [-0.39, 0.29) is 11.1 Å². The van der Waals surface area contributed by atoms with E-state index in [1.165, 1.54) is 0 Å². The Morgan fingerprint density at radius 1 is 1.07 bits per heavy atom. The fraction of sp³-hybridized carbons (Fsp3) is 0.292. The van der Waals surface area contributed by atoms with Gasteiger partial charge in [-0.1, -0.05) is 62.7 Å². The van der Waals surface area contributed by atoms with Gasteiger partial charge in [-0.05, 0) is 35.6 Å². The van der Waals surface area contributed by atoms with Gasteiger partial charge in [-0.3, -0.25) is 4.79 Å². The molecule has 5 heteroatoms. The van der Waals surface area contributed by atoms with Crippen LogP contribution < -0.4 is 5.56 Å². The summed E-state index contributed by atoms with van der Waals surface area (Å²) in [5.74, 6) is -0.218. The number of rotatable bonds is 8. The lowest BCUT2D eigenvalue weighted by Gasteiger charge is -2.11. The van der Waals surface area contributed by atoms with E-state index in [0.29, 0.717) is 24.0 Å². The van der Waals surface area contributed by atoms with Crippen LogP contribution >= 0.6 is 0 Å². The van der Waals surface area contributed by atoms with Crippen molar-refractivity contribution in [1.82, 2.24) is 9.97 Å². The van der Waals surface area contributed by atoms with Gasteiger partial charge in [0.25, 0.3) is 5.56 Å². The zero-order valence-electron chi connectivity index (χ0n) is 16.9. The van der Waals surface area contributed by atoms with Crippen molar-refractivity contribution in [3.63, 3.8) is 0 Å². The molecule has 5 nitrogen and oxygen atoms in total. The van der Waals surface area contributed by atoms with Gasteiger partial charge < -0.3 is 10.1 Å². The van der Waals surface area contributed by atoms with Crippen LogP contribution in [0.4, 0.5) is 0 Å². The number of carbonyl (C=O) groups is 1. The normalized spacial score (nSPS) is 10.8. The summed E-state index contributed by atoms with van der Waals surface area (Å²) in [5.41, 5.74) is 4.33. The first-order chi connectivity index (χ1) is 14.0. The van der Waals surface area contributed by atoms with Crippen LogP contribution in [0.1, 0.15) is 59.7 Å². The molecule has 29 heavy (non-hydrogen) atoms. The molecular formula is C24H26N2O3. The number of nitrogens with zero attached hydrogens (tertiary/aromatic N) is 1. The van der Waals surface area contributed by atoms with E-state index < -0.39 is 5.97 Å². The summed E-state index contributed by atoms with van der Waals surface area (Å²) in [5, 5.41) is 9.41. The topological polar surface area (TPSA) is 83.0 Å². The Morgan fingerprint density at radius 2 is 1.79 bits per heavy atom. The molecule has 3 rings (SSSR count). The van der Waals surface area contributed by atoms with Crippen LogP contribution in [0.5, 0.6) is 0 Å². The summed E-state index contributed by atoms with van der Waals surface area (Å²) < 4.78 is 0. The Balaban J connectivity index is 1.91. The summed E-state index contributed by atoms with van der Waals surface area (Å²) in [6.07, 6.45) is 4.11. The Bertz CT molecular complexity index is 1050. The zero-order chi connectivity index (χ0) is 20.8. The highest BCUT2D eigenvalue weighted by molar-refractivity contribution is 5.95. The number of carboxylic acids is 1. The number of aromatic nitrogens is 2. The molecule has 1 aromatic heterocycles. The lowest BCUT2D eigenvalue weighted by atomic mass is 9.96. The number of H-pyrrole nitrogens is 1. The van der Waals surface area contributed by atoms with E-state index in [9.17, 15) is 14.7 Å². The van der Waals surface area contributed by atoms with Crippen molar-refractivity contribution in [2.45, 2.75) is 46.0 Å². The van der Waals surface area contributed by atoms with Gasteiger partial charge >= 0.3 is 5.97 Å². The minimum atomic E-state index is -0.945. The molecule has 2 aromatic carbocycles. The van der Waals surface area contributed by atoms with Gasteiger partial charge in [0, 0.05) is 24.1 Å². The van der Waals surface area contributed by atoms with Crippen molar-refractivity contribution in [1.29, 1.82) is 0 Å². The zero-order valence-corrected chi connectivity index (χ0v) is 16.9. The van der Waals surface area contributed by atoms with E-state index in [0.717, 1.165) is 41.9 Å². The Labute approximate surface area is 170 Å². The van der Waals surface area contributed by atoms with Crippen molar-refractivity contribution in [2.75, 3.05) is 0 Å². The summed E-state index contributed by atoms with van der Waals surface area (Å²) >= 11 is 0. The van der Waals surface area contributed by atoms with Crippen molar-refractivity contribution in [3.8, 4) is 11.1 Å². The summed E-state index contributed by atoms with van der Waals surface area (Å²) in [4.78, 5) is 31.6. The molecule has 0 radical (unpaired) electrons. The van der Waals surface area contributed by atoms with Gasteiger partial charge in [-0.25, -0.2) is 4.79 Å². The molecule has 0 aliphatic heterocycles. The van der Waals surface area contributed by atoms with Gasteiger partial charge in [0.1, 0.15) is 5.82 Å². The fourth-order valence-electron chi connectivity index (χ4n) is 3.44. The number of benzene rings is 2. The molecule has 0 amide bonds. The maximum absolute atomic E-state index is 12.6. The molecule has 0 saturated carbocycles. The molecule has 0 bridgehead atoms. The van der Waals surface area contributed by atoms with Crippen LogP contribution in [0.3, 0.4) is 0 Å². The van der Waals surface area contributed by atoms with Crippen LogP contribution in [0.2, 0.25) is 0 Å². The lowest BCUT2D eigenvalue weighted by molar-refractivity contribution is 0.0697. The first-order valence-electron chi connectivity index (χ1n) is 10.1. The molecule has 0 unspecified atom stereocenters. The van der Waals surface area contributed by atoms with Gasteiger partial charge in [0.2, 0.25) is 0 Å². The van der Waals surface area contributed by atoms with E-state index in [2.05, 4.69) is 16.9 Å². The second-order valence-electron chi connectivity index (χ2n) is 7.13. The van der Waals surface area contributed by atoms with Crippen LogP contribution in [0, 0.1) is 0 Å². The molecule has 0 aliphatic carbocycles. The maximum Gasteiger partial charge on any atom is 0.336 e. The van der Waals surface area contributed by atoms with Crippen molar-refractivity contribution >= 4 is 5.97 Å². The second kappa shape index (κ2) is 9.32. The van der Waals surface area contributed by atoms with E-state index in [4.69, 9.17) is 0 Å². The van der Waals surface area contributed by atoms with Crippen molar-refractivity contribution < 1.29 is 9.90 Å². The molecule has 3 aromatic rings. The molecular weight excluding hydrogens is 364 g/mol. The maximum atomic E-state index is 12.6. The highest BCUT2D eigenvalue weighted by Crippen LogP contribution is 2.25. The highest BCUT2D eigenvalue weighted by Gasteiger charge is 2.13. The number of hydrogen-bond donors (Lipinski definition) is 2. The average molecular weight is 390 g/mol. The number of aryl methyl sites for hydroxylation is 2. The van der Waals surface area contributed by atoms with Crippen molar-refractivity contribution in [2.24, 2.45) is 0 Å². The van der Waals surface area contributed by atoms with Crippen LogP contribution in [-0.4, -0.2) is 21.0 Å². The van der Waals surface area contributed by atoms with E-state index >= 15 is 0 Å². The predicted octanol–water partition coefficient (Wildman–Crippen LogP) is 4.63. The lowest BCUT2D eigenvalue weighted by Crippen LogP contribution is -2.20. The molecule has 0 spiro atoms. The SMILES string of the molecule is CCCCc1[nH]c(CC)nc(=O)c1Cc1ccc(-c2ccccc2C(=O)O)cc1. The van der Waals surface area contributed by atoms with Gasteiger partial charge in [0.15, 0.2) is 0 Å². The fourth-order valence-corrected chi connectivity index (χ4v) is 3.44. The number of aromatic amines is 1. The number of unbranched alkanes of at least 4 members (excludes halogenated alkanes) is 1. The standard InChI is InChI=1S/C24H26N2O3/c1-3-5-10-21-20(23(27)26-22(4-2)25-21)15-16-11-13-17(14-12-16)18-8-6-7-9-19(18)24(28)29/h6-9,11-14H,3-5,10,15H2,1-2H3,(H,28,29)(H,25,26,27). The van der Waals surface area contributed by atoms with Crippen LogP contribution in [-0.2, 0) is 19.3 Å². The quantitative estimate of drug-likeness (QED) is 0.587. The third-order valence-electron chi connectivity index (χ3n) is 5.07. The number of hydrogen-bond acceptors (Lipinski definition) is 3. The molecule has 2 N–H and O–H groups in total. The first kappa shape index (κ1) is 20.5. The van der Waals surface area contributed by atoms with E-state index in [1.807, 2.05) is 37.3 Å². The Morgan fingerprint density at radius 3 is 2.45 bits per heavy atom. The molecule has 0 atom stereocenters. The van der Waals surface area contributed by atoms with Gasteiger partial charge in [-0.15, -0.1) is 0 Å². The molecule has 150 valence electrons. The number of carboxylic acid groups (broad SMARTS) is 1. The molecule has 1 heterocycles. The third-order valence-corrected chi connectivity index (χ3v) is 5.07. The smallest absolute Gasteiger partial charge is 0.336 e. The predicted molar refractivity (Wildman–Crippen MR) is 114 cm³/mol. The summed E-state index contributed by atoms with van der Waals surface area (Å²) in [6, 6.07) is 14.7. The van der Waals surface area contributed by atoms with Gasteiger partial charge in [0.05, 0.1) is 5.56 Å². The molecule has 0 aliphatic rings. The second-order valence-corrected chi connectivity index (χ2v) is 7.13. The first-order valence-corrected chi connectivity index (χ1v) is 10.1. The monoisotopic (exact) mass is 390 g/mol. The van der Waals surface area contributed by atoms with Crippen molar-refractivity contribution in [3.05, 3.63) is 87.1 Å². The average Bonchev–Trinajstić information content (AvgIpc) is 2.74. The Hall–Kier alpha value is -3.21. The summed E-state index contributed by atoms with van der Waals surface area (Å²) in [6.45, 7) is 4.11. The van der Waals surface area contributed by atoms with Crippen LogP contribution in [0.25, 0.3) is 11.1 Å². The Kier molecular flexibility index (Phi) is 6.60. The van der Waals surface area contributed by atoms with Gasteiger partial charge in [-0.2, -0.15) is 4.98 Å². The third kappa shape index (κ3) is 4.80. The minimum Gasteiger partial charge on any atom is -0.478 e. The summed E-state index contributed by atoms with van der Waals surface area (Å²) in [7, 11) is 0. The molecule has 0 fully saturated rings. The van der Waals surface area contributed by atoms with Crippen LogP contribution in [0.15, 0.2) is 53.3 Å². The largest absolute Gasteiger partial charge is 0.478 e. The number of nitrogens with one attached hydrogen (secondary N) is 1. The number of aromatic carboxylic acids is 1. The van der Waals surface area contributed by atoms with E-state index in [1.54, 1.807) is 18.2 Å². The molecule has 0 saturated heterocycles. The minimum absolute atomic E-state index is 0.160. The highest BCUT2D eigenvalue weighted by atomic mass is 16.4.